The topological polar surface area (TPSA) is 58.4 Å². The van der Waals surface area contributed by atoms with Crippen molar-refractivity contribution in [2.75, 3.05) is 23.3 Å². The summed E-state index contributed by atoms with van der Waals surface area (Å²) >= 11 is 12.8. The number of anilines is 2. The van der Waals surface area contributed by atoms with Gasteiger partial charge in [-0.1, -0.05) is 47.8 Å². The van der Waals surface area contributed by atoms with Crippen molar-refractivity contribution in [3.63, 3.8) is 0 Å². The molecule has 0 saturated heterocycles. The number of hydrogen-bond donors (Lipinski definition) is 1. The van der Waals surface area contributed by atoms with Gasteiger partial charge in [-0.25, -0.2) is 0 Å². The van der Waals surface area contributed by atoms with Gasteiger partial charge in [0.25, 0.3) is 5.91 Å². The maximum atomic E-state index is 13.3. The summed E-state index contributed by atoms with van der Waals surface area (Å²) in [7, 11) is 0. The van der Waals surface area contributed by atoms with Crippen LogP contribution in [0, 0.1) is 0 Å². The molecular weight excluding hydrogens is 433 g/mol. The van der Waals surface area contributed by atoms with Crippen LogP contribution < -0.4 is 10.2 Å². The van der Waals surface area contributed by atoms with Crippen LogP contribution in [0.15, 0.2) is 47.0 Å². The summed E-state index contributed by atoms with van der Waals surface area (Å²) in [6.45, 7) is 8.16. The first-order valence-electron chi connectivity index (χ1n) is 10.6. The van der Waals surface area contributed by atoms with Crippen LogP contribution in [0.3, 0.4) is 0 Å². The highest BCUT2D eigenvalue weighted by atomic mass is 35.5. The third-order valence-electron chi connectivity index (χ3n) is 5.20. The van der Waals surface area contributed by atoms with Gasteiger partial charge in [0.1, 0.15) is 17.0 Å². The zero-order chi connectivity index (χ0) is 22.4. The summed E-state index contributed by atoms with van der Waals surface area (Å²) in [4.78, 5) is 15.5. The van der Waals surface area contributed by atoms with Gasteiger partial charge >= 0.3 is 0 Å². The predicted molar refractivity (Wildman–Crippen MR) is 129 cm³/mol. The second kappa shape index (κ2) is 10.7. The molecule has 0 bridgehead atoms. The van der Waals surface area contributed by atoms with E-state index in [0.29, 0.717) is 44.7 Å². The number of aromatic nitrogens is 1. The Labute approximate surface area is 193 Å². The zero-order valence-electron chi connectivity index (χ0n) is 18.0. The number of carbonyl (C=O) groups is 1. The maximum absolute atomic E-state index is 13.3. The monoisotopic (exact) mass is 459 g/mol. The number of halogens is 2. The number of benzene rings is 2. The van der Waals surface area contributed by atoms with E-state index in [0.717, 1.165) is 31.6 Å². The van der Waals surface area contributed by atoms with Crippen LogP contribution in [0.1, 0.15) is 49.7 Å². The number of nitrogens with zero attached hydrogens (tertiary/aromatic N) is 2. The Hall–Kier alpha value is -2.50. The Morgan fingerprint density at radius 1 is 1.03 bits per heavy atom. The van der Waals surface area contributed by atoms with Crippen LogP contribution in [-0.4, -0.2) is 24.2 Å². The smallest absolute Gasteiger partial charge is 0.261 e. The van der Waals surface area contributed by atoms with Crippen molar-refractivity contribution < 1.29 is 9.32 Å². The molecule has 0 saturated carbocycles. The van der Waals surface area contributed by atoms with Gasteiger partial charge in [0.15, 0.2) is 0 Å². The number of nitrogens with one attached hydrogen (secondary N) is 1. The molecule has 5 nitrogen and oxygen atoms in total. The standard InChI is InChI=1S/C24H27Cl2N3O2/c1-4-7-11-20-22(23(28-31-20)21-18(25)9-8-10-19(21)26)24(30)27-16-12-14-17(15-13-16)29(5-2)6-3/h8-10,12-15H,4-7,11H2,1-3H3,(H,27,30). The molecule has 0 radical (unpaired) electrons. The number of rotatable bonds is 9. The summed E-state index contributed by atoms with van der Waals surface area (Å²) in [5, 5.41) is 7.97. The molecule has 1 N–H and O–H groups in total. The summed E-state index contributed by atoms with van der Waals surface area (Å²) < 4.78 is 5.57. The quantitative estimate of drug-likeness (QED) is 0.370. The van der Waals surface area contributed by atoms with Crippen LogP contribution in [0.25, 0.3) is 11.3 Å². The van der Waals surface area contributed by atoms with Crippen molar-refractivity contribution in [1.82, 2.24) is 5.16 Å². The van der Waals surface area contributed by atoms with Gasteiger partial charge in [0.2, 0.25) is 0 Å². The summed E-state index contributed by atoms with van der Waals surface area (Å²) in [6, 6.07) is 13.0. The van der Waals surface area contributed by atoms with E-state index in [-0.39, 0.29) is 5.91 Å². The Balaban J connectivity index is 1.95. The van der Waals surface area contributed by atoms with E-state index >= 15 is 0 Å². The number of hydrogen-bond acceptors (Lipinski definition) is 4. The van der Waals surface area contributed by atoms with Crippen LogP contribution in [0.2, 0.25) is 10.0 Å². The zero-order valence-corrected chi connectivity index (χ0v) is 19.6. The van der Waals surface area contributed by atoms with Crippen molar-refractivity contribution >= 4 is 40.5 Å². The normalized spacial score (nSPS) is 10.9. The molecule has 1 amide bonds. The molecule has 1 aromatic heterocycles. The molecule has 0 fully saturated rings. The number of unbranched alkanes of at least 4 members (excludes halogenated alkanes) is 1. The van der Waals surface area contributed by atoms with E-state index in [9.17, 15) is 4.79 Å². The van der Waals surface area contributed by atoms with Crippen LogP contribution >= 0.6 is 23.2 Å². The molecule has 0 spiro atoms. The van der Waals surface area contributed by atoms with Gasteiger partial charge in [-0.2, -0.15) is 0 Å². The molecule has 1 heterocycles. The van der Waals surface area contributed by atoms with Gasteiger partial charge in [-0.15, -0.1) is 0 Å². The number of amides is 1. The van der Waals surface area contributed by atoms with Gasteiger partial charge in [0.05, 0.1) is 10.0 Å². The molecule has 2 aromatic carbocycles. The van der Waals surface area contributed by atoms with Gasteiger partial charge in [-0.3, -0.25) is 4.79 Å². The van der Waals surface area contributed by atoms with Crippen molar-refractivity contribution in [3.8, 4) is 11.3 Å². The Morgan fingerprint density at radius 3 is 2.26 bits per heavy atom. The lowest BCUT2D eigenvalue weighted by atomic mass is 10.0. The maximum Gasteiger partial charge on any atom is 0.261 e. The second-order valence-corrected chi connectivity index (χ2v) is 8.02. The molecular formula is C24H27Cl2N3O2. The molecule has 0 aliphatic rings. The first-order valence-corrected chi connectivity index (χ1v) is 11.3. The molecule has 164 valence electrons. The third-order valence-corrected chi connectivity index (χ3v) is 5.83. The van der Waals surface area contributed by atoms with Gasteiger partial charge in [0, 0.05) is 36.4 Å². The average molecular weight is 460 g/mol. The molecule has 3 rings (SSSR count). The highest BCUT2D eigenvalue weighted by molar-refractivity contribution is 6.39. The highest BCUT2D eigenvalue weighted by Gasteiger charge is 2.26. The molecule has 31 heavy (non-hydrogen) atoms. The van der Waals surface area contributed by atoms with Gasteiger partial charge in [-0.05, 0) is 56.7 Å². The Bertz CT molecular complexity index is 1010. The molecule has 3 aromatic rings. The minimum absolute atomic E-state index is 0.297. The molecule has 0 atom stereocenters. The van der Waals surface area contributed by atoms with E-state index < -0.39 is 0 Å². The van der Waals surface area contributed by atoms with Crippen molar-refractivity contribution in [1.29, 1.82) is 0 Å². The fourth-order valence-corrected chi connectivity index (χ4v) is 4.08. The predicted octanol–water partition coefficient (Wildman–Crippen LogP) is 7.09. The first kappa shape index (κ1) is 23.2. The van der Waals surface area contributed by atoms with Crippen molar-refractivity contribution in [3.05, 3.63) is 63.8 Å². The van der Waals surface area contributed by atoms with Gasteiger partial charge < -0.3 is 14.7 Å². The minimum atomic E-state index is -0.297. The van der Waals surface area contributed by atoms with Crippen molar-refractivity contribution in [2.45, 2.75) is 40.0 Å². The van der Waals surface area contributed by atoms with E-state index in [1.165, 1.54) is 0 Å². The van der Waals surface area contributed by atoms with Crippen LogP contribution in [0.5, 0.6) is 0 Å². The lowest BCUT2D eigenvalue weighted by Crippen LogP contribution is -2.21. The highest BCUT2D eigenvalue weighted by Crippen LogP contribution is 2.37. The molecule has 7 heteroatoms. The fourth-order valence-electron chi connectivity index (χ4n) is 3.50. The molecule has 0 aliphatic carbocycles. The SMILES string of the molecule is CCCCc1onc(-c2c(Cl)cccc2Cl)c1C(=O)Nc1ccc(N(CC)CC)cc1. The minimum Gasteiger partial charge on any atom is -0.372 e. The molecule has 0 aliphatic heterocycles. The average Bonchev–Trinajstić information content (AvgIpc) is 3.17. The Morgan fingerprint density at radius 2 is 1.68 bits per heavy atom. The second-order valence-electron chi connectivity index (χ2n) is 7.20. The summed E-state index contributed by atoms with van der Waals surface area (Å²) in [5.74, 6) is 0.235. The third kappa shape index (κ3) is 5.23. The van der Waals surface area contributed by atoms with E-state index in [4.69, 9.17) is 27.7 Å². The summed E-state index contributed by atoms with van der Waals surface area (Å²) in [6.07, 6.45) is 2.45. The van der Waals surface area contributed by atoms with E-state index in [1.807, 2.05) is 24.3 Å². The lowest BCUT2D eigenvalue weighted by molar-refractivity contribution is 0.102. The van der Waals surface area contributed by atoms with Crippen LogP contribution in [-0.2, 0) is 6.42 Å². The fraction of sp³-hybridized carbons (Fsp3) is 0.333. The van der Waals surface area contributed by atoms with E-state index in [2.05, 4.69) is 36.1 Å². The first-order chi connectivity index (χ1) is 15.0. The number of aryl methyl sites for hydroxylation is 1. The van der Waals surface area contributed by atoms with Crippen molar-refractivity contribution in [2.24, 2.45) is 0 Å². The largest absolute Gasteiger partial charge is 0.372 e. The Kier molecular flexibility index (Phi) is 7.99. The lowest BCUT2D eigenvalue weighted by Gasteiger charge is -2.21. The van der Waals surface area contributed by atoms with Crippen LogP contribution in [0.4, 0.5) is 11.4 Å². The summed E-state index contributed by atoms with van der Waals surface area (Å²) in [5.41, 5.74) is 3.04. The molecule has 0 unspecified atom stereocenters. The van der Waals surface area contributed by atoms with E-state index in [1.54, 1.807) is 18.2 Å². The number of carbonyl (C=O) groups excluding carboxylic acids is 1.